The molecule has 0 saturated carbocycles. The second kappa shape index (κ2) is 12.8. The highest BCUT2D eigenvalue weighted by Crippen LogP contribution is 2.26. The Kier molecular flexibility index (Phi) is 9.18. The van der Waals surface area contributed by atoms with Crippen molar-refractivity contribution in [1.29, 1.82) is 0 Å². The number of anilines is 1. The number of carbonyl (C=O) groups is 3. The Hall–Kier alpha value is -4.82. The second-order valence-electron chi connectivity index (χ2n) is 9.73. The molecule has 0 radical (unpaired) electrons. The molecular weight excluding hydrogens is 566 g/mol. The molecule has 0 bridgehead atoms. The number of benzene rings is 3. The van der Waals surface area contributed by atoms with E-state index in [1.807, 2.05) is 6.92 Å². The van der Waals surface area contributed by atoms with E-state index in [0.29, 0.717) is 11.3 Å². The van der Waals surface area contributed by atoms with Crippen molar-refractivity contribution in [3.8, 4) is 0 Å². The Morgan fingerprint density at radius 3 is 2.36 bits per heavy atom. The third kappa shape index (κ3) is 7.27. The number of nitro groups is 1. The van der Waals surface area contributed by atoms with Crippen molar-refractivity contribution in [2.45, 2.75) is 31.3 Å². The third-order valence-electron chi connectivity index (χ3n) is 6.66. The molecule has 1 fully saturated rings. The molecule has 1 aliphatic heterocycles. The molecule has 4 rings (SSSR count). The number of carboxylic acids is 1. The van der Waals surface area contributed by atoms with Crippen LogP contribution in [-0.4, -0.2) is 64.8 Å². The number of sulfonamides is 1. The average Bonchev–Trinajstić information content (AvgIpc) is 3.41. The van der Waals surface area contributed by atoms with Crippen LogP contribution in [0.5, 0.6) is 0 Å². The predicted octanol–water partition coefficient (Wildman–Crippen LogP) is 3.24. The molecule has 3 N–H and O–H groups in total. The van der Waals surface area contributed by atoms with E-state index < -0.39 is 57.2 Å². The fraction of sp³-hybridized carbons (Fsp3) is 0.250. The van der Waals surface area contributed by atoms with Gasteiger partial charge in [-0.3, -0.25) is 24.6 Å². The minimum atomic E-state index is -4.15. The minimum Gasteiger partial charge on any atom is -0.481 e. The highest BCUT2D eigenvalue weighted by molar-refractivity contribution is 7.88. The Morgan fingerprint density at radius 1 is 1.02 bits per heavy atom. The zero-order chi connectivity index (χ0) is 30.4. The zero-order valence-corrected chi connectivity index (χ0v) is 23.4. The highest BCUT2D eigenvalue weighted by Gasteiger charge is 2.46. The molecule has 3 amide bonds. The molecule has 1 heterocycles. The summed E-state index contributed by atoms with van der Waals surface area (Å²) in [6.07, 6.45) is -2.30. The van der Waals surface area contributed by atoms with Crippen molar-refractivity contribution in [3.05, 3.63) is 106 Å². The topological polar surface area (TPSA) is 179 Å². The normalized spacial score (nSPS) is 16.0. The van der Waals surface area contributed by atoms with Crippen LogP contribution in [0.4, 0.5) is 16.2 Å². The van der Waals surface area contributed by atoms with Gasteiger partial charge in [-0.15, -0.1) is 0 Å². The van der Waals surface area contributed by atoms with Crippen molar-refractivity contribution in [1.82, 2.24) is 14.5 Å². The molecule has 1 saturated heterocycles. The van der Waals surface area contributed by atoms with E-state index in [1.54, 1.807) is 54.6 Å². The molecule has 0 spiro atoms. The molecule has 14 heteroatoms. The van der Waals surface area contributed by atoms with E-state index >= 15 is 0 Å². The minimum absolute atomic E-state index is 0.121. The average molecular weight is 596 g/mol. The summed E-state index contributed by atoms with van der Waals surface area (Å²) < 4.78 is 28.0. The van der Waals surface area contributed by atoms with E-state index in [1.165, 1.54) is 18.2 Å². The van der Waals surface area contributed by atoms with Crippen LogP contribution in [0.2, 0.25) is 0 Å². The fourth-order valence-corrected chi connectivity index (χ4v) is 6.26. The van der Waals surface area contributed by atoms with Gasteiger partial charge in [-0.2, -0.15) is 4.31 Å². The largest absolute Gasteiger partial charge is 0.481 e. The first-order valence-electron chi connectivity index (χ1n) is 12.9. The molecule has 13 nitrogen and oxygen atoms in total. The monoisotopic (exact) mass is 595 g/mol. The molecule has 3 aromatic rings. The molecule has 0 aromatic heterocycles. The van der Waals surface area contributed by atoms with Crippen molar-refractivity contribution in [2.24, 2.45) is 0 Å². The lowest BCUT2D eigenvalue weighted by molar-refractivity contribution is -0.384. The number of non-ortho nitro benzene ring substituents is 1. The van der Waals surface area contributed by atoms with E-state index in [0.717, 1.165) is 20.8 Å². The summed E-state index contributed by atoms with van der Waals surface area (Å²) in [6.45, 7) is 1.57. The van der Waals surface area contributed by atoms with Crippen molar-refractivity contribution in [2.75, 3.05) is 18.4 Å². The summed E-state index contributed by atoms with van der Waals surface area (Å²) in [5, 5.41) is 26.0. The zero-order valence-electron chi connectivity index (χ0n) is 22.5. The number of aliphatic carboxylic acids is 1. The maximum absolute atomic E-state index is 13.8. The SMILES string of the molecule is Cc1ccc(NC(=O)N2CCN(S(=O)(=O)Cc3ccccc3)C2C(=O)NC(CC(=O)O)c2cccc([N+](=O)[O-])c2)cc1. The molecular formula is C28H29N5O8S. The van der Waals surface area contributed by atoms with Gasteiger partial charge in [-0.1, -0.05) is 60.2 Å². The maximum Gasteiger partial charge on any atom is 0.323 e. The van der Waals surface area contributed by atoms with Crippen molar-refractivity contribution in [3.63, 3.8) is 0 Å². The van der Waals surface area contributed by atoms with Crippen LogP contribution in [-0.2, 0) is 25.4 Å². The lowest BCUT2D eigenvalue weighted by Crippen LogP contribution is -2.55. The van der Waals surface area contributed by atoms with Gasteiger partial charge in [0.05, 0.1) is 23.1 Å². The van der Waals surface area contributed by atoms with Crippen molar-refractivity contribution >= 4 is 39.3 Å². The predicted molar refractivity (Wildman–Crippen MR) is 153 cm³/mol. The Morgan fingerprint density at radius 2 is 1.71 bits per heavy atom. The van der Waals surface area contributed by atoms with Crippen LogP contribution >= 0.6 is 0 Å². The van der Waals surface area contributed by atoms with Gasteiger partial charge in [0, 0.05) is 30.9 Å². The highest BCUT2D eigenvalue weighted by atomic mass is 32.2. The maximum atomic E-state index is 13.8. The number of hydrogen-bond donors (Lipinski definition) is 3. The van der Waals surface area contributed by atoms with Gasteiger partial charge in [0.15, 0.2) is 6.17 Å². The van der Waals surface area contributed by atoms with Gasteiger partial charge in [0.1, 0.15) is 0 Å². The second-order valence-corrected chi connectivity index (χ2v) is 11.6. The number of nitro benzene ring substituents is 1. The summed E-state index contributed by atoms with van der Waals surface area (Å²) >= 11 is 0. The Labute approximate surface area is 242 Å². The molecule has 1 aliphatic rings. The van der Waals surface area contributed by atoms with Crippen LogP contribution in [0, 0.1) is 17.0 Å². The van der Waals surface area contributed by atoms with Crippen LogP contribution in [0.15, 0.2) is 78.9 Å². The fourth-order valence-electron chi connectivity index (χ4n) is 4.61. The van der Waals surface area contributed by atoms with Crippen LogP contribution < -0.4 is 10.6 Å². The summed E-state index contributed by atoms with van der Waals surface area (Å²) in [6, 6.07) is 18.3. The summed E-state index contributed by atoms with van der Waals surface area (Å²) in [4.78, 5) is 50.5. The number of nitrogens with zero attached hydrogens (tertiary/aromatic N) is 3. The summed E-state index contributed by atoms with van der Waals surface area (Å²) in [7, 11) is -4.15. The third-order valence-corrected chi connectivity index (χ3v) is 8.45. The first kappa shape index (κ1) is 30.1. The number of carbonyl (C=O) groups excluding carboxylic acids is 2. The number of carboxylic acid groups (broad SMARTS) is 1. The lowest BCUT2D eigenvalue weighted by atomic mass is 10.0. The summed E-state index contributed by atoms with van der Waals surface area (Å²) in [5.41, 5.74) is 1.67. The van der Waals surface area contributed by atoms with Crippen LogP contribution in [0.3, 0.4) is 0 Å². The molecule has 2 unspecified atom stereocenters. The van der Waals surface area contributed by atoms with Crippen molar-refractivity contribution < 1.29 is 32.8 Å². The van der Waals surface area contributed by atoms with Gasteiger partial charge < -0.3 is 15.7 Å². The van der Waals surface area contributed by atoms with Crippen LogP contribution in [0.1, 0.15) is 29.2 Å². The Bertz CT molecular complexity index is 1580. The molecule has 0 aliphatic carbocycles. The van der Waals surface area contributed by atoms with Gasteiger partial charge in [-0.05, 0) is 30.2 Å². The lowest BCUT2D eigenvalue weighted by Gasteiger charge is -2.30. The first-order valence-corrected chi connectivity index (χ1v) is 14.5. The van der Waals surface area contributed by atoms with Gasteiger partial charge in [-0.25, -0.2) is 13.2 Å². The molecule has 2 atom stereocenters. The van der Waals surface area contributed by atoms with Gasteiger partial charge in [0.2, 0.25) is 10.0 Å². The van der Waals surface area contributed by atoms with Crippen LogP contribution in [0.25, 0.3) is 0 Å². The Balaban J connectivity index is 1.67. The van der Waals surface area contributed by atoms with E-state index in [-0.39, 0.29) is 24.3 Å². The molecule has 3 aromatic carbocycles. The first-order chi connectivity index (χ1) is 19.9. The molecule has 220 valence electrons. The number of amides is 3. The quantitative estimate of drug-likeness (QED) is 0.236. The summed E-state index contributed by atoms with van der Waals surface area (Å²) in [5.74, 6) is -2.70. The smallest absolute Gasteiger partial charge is 0.323 e. The van der Waals surface area contributed by atoms with E-state index in [4.69, 9.17) is 0 Å². The van der Waals surface area contributed by atoms with E-state index in [9.17, 15) is 38.0 Å². The van der Waals surface area contributed by atoms with E-state index in [2.05, 4.69) is 10.6 Å². The number of nitrogens with one attached hydrogen (secondary N) is 2. The van der Waals surface area contributed by atoms with Gasteiger partial charge >= 0.3 is 12.0 Å². The number of urea groups is 1. The number of hydrogen-bond acceptors (Lipinski definition) is 7. The number of rotatable bonds is 10. The van der Waals surface area contributed by atoms with Gasteiger partial charge in [0.25, 0.3) is 11.6 Å². The number of aryl methyl sites for hydroxylation is 1. The standard InChI is InChI=1S/C28H29N5O8S/c1-19-10-12-22(13-11-19)29-28(37)31-14-15-32(42(40,41)18-20-6-3-2-4-7-20)27(31)26(36)30-24(17-25(34)35)21-8-5-9-23(16-21)33(38)39/h2-13,16,24,27H,14-15,17-18H2,1H3,(H,29,37)(H,30,36)(H,34,35). The molecule has 42 heavy (non-hydrogen) atoms.